The Morgan fingerprint density at radius 2 is 2.25 bits per heavy atom. The SMILES string of the molecule is CC(NCCCCCO)c1ccc2c(c1)NC(=O)CO2. The van der Waals surface area contributed by atoms with Gasteiger partial charge >= 0.3 is 0 Å². The van der Waals surface area contributed by atoms with E-state index in [1.807, 2.05) is 18.2 Å². The maximum Gasteiger partial charge on any atom is 0.262 e. The van der Waals surface area contributed by atoms with E-state index in [0.29, 0.717) is 0 Å². The monoisotopic (exact) mass is 278 g/mol. The second kappa shape index (κ2) is 7.26. The molecule has 0 saturated carbocycles. The molecule has 0 aliphatic carbocycles. The highest BCUT2D eigenvalue weighted by atomic mass is 16.5. The van der Waals surface area contributed by atoms with Crippen molar-refractivity contribution in [3.8, 4) is 5.75 Å². The van der Waals surface area contributed by atoms with Crippen LogP contribution in [0.25, 0.3) is 0 Å². The zero-order valence-corrected chi connectivity index (χ0v) is 11.8. The number of rotatable bonds is 7. The van der Waals surface area contributed by atoms with E-state index in [1.165, 1.54) is 0 Å². The van der Waals surface area contributed by atoms with Gasteiger partial charge in [-0.3, -0.25) is 4.79 Å². The normalized spacial score (nSPS) is 15.2. The highest BCUT2D eigenvalue weighted by Crippen LogP contribution is 2.30. The third-order valence-electron chi connectivity index (χ3n) is 3.42. The van der Waals surface area contributed by atoms with Crippen LogP contribution in [0.1, 0.15) is 37.8 Å². The first kappa shape index (κ1) is 14.8. The van der Waals surface area contributed by atoms with Crippen LogP contribution in [0.5, 0.6) is 5.75 Å². The Morgan fingerprint density at radius 1 is 1.40 bits per heavy atom. The zero-order chi connectivity index (χ0) is 14.4. The summed E-state index contributed by atoms with van der Waals surface area (Å²) in [7, 11) is 0. The molecule has 0 radical (unpaired) electrons. The van der Waals surface area contributed by atoms with Crippen molar-refractivity contribution in [2.45, 2.75) is 32.2 Å². The number of carbonyl (C=O) groups excluding carboxylic acids is 1. The maximum atomic E-state index is 11.3. The summed E-state index contributed by atoms with van der Waals surface area (Å²) in [5.41, 5.74) is 1.87. The first-order valence-electron chi connectivity index (χ1n) is 7.11. The van der Waals surface area contributed by atoms with Gasteiger partial charge in [0.25, 0.3) is 5.91 Å². The summed E-state index contributed by atoms with van der Waals surface area (Å²) < 4.78 is 5.34. The molecule has 1 heterocycles. The van der Waals surface area contributed by atoms with Gasteiger partial charge in [-0.2, -0.15) is 0 Å². The molecule has 1 aromatic rings. The third kappa shape index (κ3) is 3.95. The number of aliphatic hydroxyl groups excluding tert-OH is 1. The van der Waals surface area contributed by atoms with E-state index in [-0.39, 0.29) is 25.2 Å². The number of amides is 1. The largest absolute Gasteiger partial charge is 0.482 e. The molecule has 1 aliphatic rings. The number of fused-ring (bicyclic) bond motifs is 1. The highest BCUT2D eigenvalue weighted by Gasteiger charge is 2.17. The van der Waals surface area contributed by atoms with Crippen molar-refractivity contribution in [2.24, 2.45) is 0 Å². The first-order chi connectivity index (χ1) is 9.70. The fourth-order valence-corrected chi connectivity index (χ4v) is 2.22. The molecule has 1 aliphatic heterocycles. The summed E-state index contributed by atoms with van der Waals surface area (Å²) in [6, 6.07) is 6.08. The topological polar surface area (TPSA) is 70.6 Å². The summed E-state index contributed by atoms with van der Waals surface area (Å²) in [5, 5.41) is 15.0. The highest BCUT2D eigenvalue weighted by molar-refractivity contribution is 5.95. The van der Waals surface area contributed by atoms with Crippen molar-refractivity contribution < 1.29 is 14.6 Å². The number of ether oxygens (including phenoxy) is 1. The lowest BCUT2D eigenvalue weighted by atomic mass is 10.1. The van der Waals surface area contributed by atoms with Gasteiger partial charge < -0.3 is 20.5 Å². The molecule has 0 aromatic heterocycles. The van der Waals surface area contributed by atoms with Crippen molar-refractivity contribution in [1.82, 2.24) is 5.32 Å². The predicted octanol–water partition coefficient (Wildman–Crippen LogP) is 1.83. The summed E-state index contributed by atoms with van der Waals surface area (Å²) in [4.78, 5) is 11.3. The number of aliphatic hydroxyl groups is 1. The Labute approximate surface area is 119 Å². The molecule has 5 heteroatoms. The van der Waals surface area contributed by atoms with Crippen molar-refractivity contribution in [1.29, 1.82) is 0 Å². The van der Waals surface area contributed by atoms with Crippen LogP contribution in [-0.4, -0.2) is 30.8 Å². The summed E-state index contributed by atoms with van der Waals surface area (Å²) >= 11 is 0. The lowest BCUT2D eigenvalue weighted by Crippen LogP contribution is -2.26. The van der Waals surface area contributed by atoms with Gasteiger partial charge in [-0.25, -0.2) is 0 Å². The van der Waals surface area contributed by atoms with Crippen LogP contribution in [0, 0.1) is 0 Å². The average molecular weight is 278 g/mol. The van der Waals surface area contributed by atoms with Crippen LogP contribution >= 0.6 is 0 Å². The molecule has 0 saturated heterocycles. The minimum absolute atomic E-state index is 0.0883. The molecular weight excluding hydrogens is 256 g/mol. The van der Waals surface area contributed by atoms with Crippen molar-refractivity contribution in [3.05, 3.63) is 23.8 Å². The molecule has 1 aromatic carbocycles. The third-order valence-corrected chi connectivity index (χ3v) is 3.42. The van der Waals surface area contributed by atoms with Gasteiger partial charge in [0.2, 0.25) is 0 Å². The number of benzene rings is 1. The van der Waals surface area contributed by atoms with Gasteiger partial charge in [-0.1, -0.05) is 6.07 Å². The number of hydrogen-bond acceptors (Lipinski definition) is 4. The summed E-state index contributed by atoms with van der Waals surface area (Å²) in [5.74, 6) is 0.614. The second-order valence-corrected chi connectivity index (χ2v) is 5.05. The fraction of sp³-hybridized carbons (Fsp3) is 0.533. The Kier molecular flexibility index (Phi) is 5.38. The van der Waals surface area contributed by atoms with E-state index in [2.05, 4.69) is 17.6 Å². The molecule has 110 valence electrons. The fourth-order valence-electron chi connectivity index (χ4n) is 2.22. The Morgan fingerprint density at radius 3 is 3.05 bits per heavy atom. The molecule has 0 bridgehead atoms. The minimum atomic E-state index is -0.112. The van der Waals surface area contributed by atoms with Crippen molar-refractivity contribution in [2.75, 3.05) is 25.1 Å². The number of hydrogen-bond donors (Lipinski definition) is 3. The molecule has 0 spiro atoms. The van der Waals surface area contributed by atoms with Crippen LogP contribution in [0.15, 0.2) is 18.2 Å². The standard InChI is InChI=1S/C15H22N2O3/c1-11(16-7-3-2-4-8-18)12-5-6-14-13(9-12)17-15(19)10-20-14/h5-6,9,11,16,18H,2-4,7-8,10H2,1H3,(H,17,19). The van der Waals surface area contributed by atoms with Gasteiger partial charge in [-0.15, -0.1) is 0 Å². The minimum Gasteiger partial charge on any atom is -0.482 e. The molecule has 5 nitrogen and oxygen atoms in total. The van der Waals surface area contributed by atoms with Gasteiger partial charge in [0.1, 0.15) is 5.75 Å². The lowest BCUT2D eigenvalue weighted by molar-refractivity contribution is -0.118. The van der Waals surface area contributed by atoms with E-state index in [1.54, 1.807) is 0 Å². The van der Waals surface area contributed by atoms with Gasteiger partial charge in [0.05, 0.1) is 5.69 Å². The van der Waals surface area contributed by atoms with Crippen LogP contribution in [0.2, 0.25) is 0 Å². The van der Waals surface area contributed by atoms with Gasteiger partial charge in [0.15, 0.2) is 6.61 Å². The molecule has 0 fully saturated rings. The molecule has 1 amide bonds. The van der Waals surface area contributed by atoms with E-state index < -0.39 is 0 Å². The number of unbranched alkanes of at least 4 members (excludes halogenated alkanes) is 2. The molecule has 3 N–H and O–H groups in total. The van der Waals surface area contributed by atoms with Crippen LogP contribution < -0.4 is 15.4 Å². The van der Waals surface area contributed by atoms with E-state index >= 15 is 0 Å². The average Bonchev–Trinajstić information content (AvgIpc) is 2.46. The van der Waals surface area contributed by atoms with E-state index in [9.17, 15) is 4.79 Å². The van der Waals surface area contributed by atoms with E-state index in [4.69, 9.17) is 9.84 Å². The summed E-state index contributed by atoms with van der Waals surface area (Å²) in [6.07, 6.45) is 2.94. The molecule has 1 atom stereocenters. The summed E-state index contributed by atoms with van der Waals surface area (Å²) in [6.45, 7) is 3.37. The lowest BCUT2D eigenvalue weighted by Gasteiger charge is -2.21. The molecular formula is C15H22N2O3. The van der Waals surface area contributed by atoms with E-state index in [0.717, 1.165) is 42.8 Å². The Hall–Kier alpha value is -1.59. The van der Waals surface area contributed by atoms with Gasteiger partial charge in [0, 0.05) is 12.6 Å². The zero-order valence-electron chi connectivity index (χ0n) is 11.8. The number of carbonyl (C=O) groups is 1. The van der Waals surface area contributed by atoms with Crippen molar-refractivity contribution in [3.63, 3.8) is 0 Å². The maximum absolute atomic E-state index is 11.3. The molecule has 20 heavy (non-hydrogen) atoms. The first-order valence-corrected chi connectivity index (χ1v) is 7.11. The smallest absolute Gasteiger partial charge is 0.262 e. The van der Waals surface area contributed by atoms with Crippen molar-refractivity contribution >= 4 is 11.6 Å². The van der Waals surface area contributed by atoms with Crippen LogP contribution in [0.3, 0.4) is 0 Å². The number of nitrogens with one attached hydrogen (secondary N) is 2. The quantitative estimate of drug-likeness (QED) is 0.665. The van der Waals surface area contributed by atoms with Crippen LogP contribution in [0.4, 0.5) is 5.69 Å². The predicted molar refractivity (Wildman–Crippen MR) is 77.9 cm³/mol. The Balaban J connectivity index is 1.88. The van der Waals surface area contributed by atoms with Gasteiger partial charge in [-0.05, 0) is 50.4 Å². The van der Waals surface area contributed by atoms with Crippen LogP contribution in [-0.2, 0) is 4.79 Å². The molecule has 2 rings (SSSR count). The second-order valence-electron chi connectivity index (χ2n) is 5.05. The Bertz CT molecular complexity index is 462. The number of anilines is 1. The molecule has 1 unspecified atom stereocenters.